The van der Waals surface area contributed by atoms with Crippen LogP contribution in [-0.4, -0.2) is 53.1 Å². The number of hydrogen-bond acceptors (Lipinski definition) is 5. The molecule has 29 heavy (non-hydrogen) atoms. The Morgan fingerprint density at radius 1 is 1.10 bits per heavy atom. The largest absolute Gasteiger partial charge is 0.444 e. The molecular formula is C22H31NO5S. The molecule has 0 radical (unpaired) electrons. The molecule has 2 aliphatic carbocycles. The fourth-order valence-electron chi connectivity index (χ4n) is 5.98. The molecule has 160 valence electrons. The van der Waals surface area contributed by atoms with Gasteiger partial charge in [0.25, 0.3) is 0 Å². The summed E-state index contributed by atoms with van der Waals surface area (Å²) in [6.45, 7) is 13.2. The van der Waals surface area contributed by atoms with Gasteiger partial charge in [0.05, 0.1) is 23.1 Å². The third-order valence-electron chi connectivity index (χ3n) is 6.71. The predicted octanol–water partition coefficient (Wildman–Crippen LogP) is 3.16. The lowest BCUT2D eigenvalue weighted by Gasteiger charge is -2.36. The number of hydrogen-bond donors (Lipinski definition) is 1. The van der Waals surface area contributed by atoms with E-state index in [9.17, 15) is 18.3 Å². The molecule has 6 nitrogen and oxygen atoms in total. The average Bonchev–Trinajstić information content (AvgIpc) is 2.83. The number of ether oxygens (including phenoxy) is 1. The maximum absolute atomic E-state index is 13.9. The molecule has 6 atom stereocenters. The normalized spacial score (nSPS) is 35.7. The van der Waals surface area contributed by atoms with Crippen LogP contribution in [0.25, 0.3) is 0 Å². The van der Waals surface area contributed by atoms with Crippen LogP contribution in [0.2, 0.25) is 0 Å². The predicted molar refractivity (Wildman–Crippen MR) is 109 cm³/mol. The third-order valence-corrected chi connectivity index (χ3v) is 9.31. The van der Waals surface area contributed by atoms with Crippen LogP contribution in [0.1, 0.15) is 47.1 Å². The second-order valence-corrected chi connectivity index (χ2v) is 13.0. The molecule has 4 aliphatic rings. The molecule has 1 aromatic rings. The van der Waals surface area contributed by atoms with E-state index in [0.29, 0.717) is 0 Å². The van der Waals surface area contributed by atoms with Crippen LogP contribution in [0.4, 0.5) is 4.79 Å². The molecule has 0 aromatic heterocycles. The van der Waals surface area contributed by atoms with Crippen molar-refractivity contribution >= 4 is 15.9 Å². The van der Waals surface area contributed by atoms with Gasteiger partial charge in [-0.05, 0) is 45.2 Å². The highest BCUT2D eigenvalue weighted by Crippen LogP contribution is 2.77. The van der Waals surface area contributed by atoms with Crippen LogP contribution in [0.5, 0.6) is 0 Å². The number of rotatable bonds is 2. The van der Waals surface area contributed by atoms with Crippen molar-refractivity contribution in [3.8, 4) is 0 Å². The smallest absolute Gasteiger partial charge is 0.410 e. The van der Waals surface area contributed by atoms with E-state index in [4.69, 9.17) is 4.74 Å². The second-order valence-electron chi connectivity index (χ2n) is 10.9. The molecule has 2 unspecified atom stereocenters. The van der Waals surface area contributed by atoms with Crippen molar-refractivity contribution in [3.05, 3.63) is 29.8 Å². The zero-order chi connectivity index (χ0) is 21.7. The molecule has 2 heterocycles. The minimum absolute atomic E-state index is 0.253. The number of piperidine rings is 2. The van der Waals surface area contributed by atoms with Gasteiger partial charge in [0, 0.05) is 11.8 Å². The number of carbonyl (C=O) groups excluding carboxylic acids is 1. The Bertz CT molecular complexity index is 956. The summed E-state index contributed by atoms with van der Waals surface area (Å²) in [6.07, 6.45) is -1.40. The van der Waals surface area contributed by atoms with E-state index in [2.05, 4.69) is 0 Å². The fraction of sp³-hybridized carbons (Fsp3) is 0.682. The number of sulfone groups is 1. The molecule has 0 spiro atoms. The van der Waals surface area contributed by atoms with Gasteiger partial charge in [-0.3, -0.25) is 4.90 Å². The summed E-state index contributed by atoms with van der Waals surface area (Å²) in [5, 5.41) is 11.0. The first-order valence-electron chi connectivity index (χ1n) is 10.2. The van der Waals surface area contributed by atoms with Gasteiger partial charge >= 0.3 is 6.09 Å². The van der Waals surface area contributed by atoms with Crippen LogP contribution in [-0.2, 0) is 14.6 Å². The molecule has 7 heteroatoms. The molecule has 1 aromatic carbocycles. The molecule has 5 rings (SSSR count). The van der Waals surface area contributed by atoms with Crippen molar-refractivity contribution in [3.63, 3.8) is 0 Å². The molecule has 1 amide bonds. The van der Waals surface area contributed by atoms with E-state index < -0.39 is 55.8 Å². The first-order chi connectivity index (χ1) is 13.2. The number of amides is 1. The fourth-order valence-corrected chi connectivity index (χ4v) is 8.85. The van der Waals surface area contributed by atoms with E-state index in [1.807, 2.05) is 27.7 Å². The number of aliphatic hydroxyl groups excluding tert-OH is 1. The van der Waals surface area contributed by atoms with E-state index in [1.54, 1.807) is 45.0 Å². The number of aliphatic hydroxyl groups is 1. The maximum atomic E-state index is 13.9. The molecule has 2 saturated carbocycles. The first-order valence-corrected chi connectivity index (χ1v) is 11.6. The molecule has 1 N–H and O–H groups in total. The van der Waals surface area contributed by atoms with Crippen LogP contribution >= 0.6 is 0 Å². The third kappa shape index (κ3) is 2.56. The summed E-state index contributed by atoms with van der Waals surface area (Å²) in [4.78, 5) is 14.8. The quantitative estimate of drug-likeness (QED) is 0.793. The zero-order valence-electron chi connectivity index (χ0n) is 18.1. The minimum Gasteiger partial charge on any atom is -0.444 e. The Morgan fingerprint density at radius 2 is 1.66 bits per heavy atom. The average molecular weight is 422 g/mol. The van der Waals surface area contributed by atoms with Crippen molar-refractivity contribution in [2.45, 2.75) is 81.9 Å². The summed E-state index contributed by atoms with van der Waals surface area (Å²) in [5.41, 5.74) is -0.129. The van der Waals surface area contributed by atoms with Gasteiger partial charge < -0.3 is 9.84 Å². The topological polar surface area (TPSA) is 83.9 Å². The highest BCUT2D eigenvalue weighted by atomic mass is 32.2. The Kier molecular flexibility index (Phi) is 4.10. The van der Waals surface area contributed by atoms with Gasteiger partial charge in [0.1, 0.15) is 10.3 Å². The van der Waals surface area contributed by atoms with Crippen LogP contribution in [0, 0.1) is 24.2 Å². The van der Waals surface area contributed by atoms with Crippen molar-refractivity contribution < 1.29 is 23.1 Å². The van der Waals surface area contributed by atoms with Crippen molar-refractivity contribution in [2.24, 2.45) is 17.3 Å². The van der Waals surface area contributed by atoms with E-state index in [-0.39, 0.29) is 10.8 Å². The van der Waals surface area contributed by atoms with Gasteiger partial charge in [0.2, 0.25) is 0 Å². The Balaban J connectivity index is 1.83. The summed E-state index contributed by atoms with van der Waals surface area (Å²) in [7, 11) is -3.77. The summed E-state index contributed by atoms with van der Waals surface area (Å²) < 4.78 is 32.2. The molecular weight excluding hydrogens is 390 g/mol. The van der Waals surface area contributed by atoms with Gasteiger partial charge in [-0.25, -0.2) is 13.2 Å². The van der Waals surface area contributed by atoms with E-state index in [1.165, 1.54) is 4.90 Å². The lowest BCUT2D eigenvalue weighted by Crippen LogP contribution is -2.46. The van der Waals surface area contributed by atoms with Crippen LogP contribution < -0.4 is 0 Å². The van der Waals surface area contributed by atoms with Crippen LogP contribution in [0.15, 0.2) is 29.2 Å². The summed E-state index contributed by atoms with van der Waals surface area (Å²) in [5.74, 6) is -0.852. The van der Waals surface area contributed by atoms with Gasteiger partial charge in [-0.15, -0.1) is 0 Å². The number of nitrogens with zero attached hydrogens (tertiary/aromatic N) is 1. The maximum Gasteiger partial charge on any atom is 0.410 e. The van der Waals surface area contributed by atoms with Gasteiger partial charge in [-0.2, -0.15) is 0 Å². The first kappa shape index (κ1) is 20.7. The standard InChI is InChI=1S/C22H31NO5S/c1-12-8-10-13(11-9-12)29(26,27)22-14-16(24)15(17(22)20(2,3)4)23(18(14)22)19(25)28-21(5,6)7/h8-11,14-18,24H,1-7H3/t14?,15-,16?,17+,18+,22+/m1/s1. The number of benzene rings is 1. The molecule has 4 bridgehead atoms. The second kappa shape index (κ2) is 5.76. The number of carbonyl (C=O) groups is 1. The summed E-state index contributed by atoms with van der Waals surface area (Å²) in [6, 6.07) is 5.74. The zero-order valence-corrected chi connectivity index (χ0v) is 18.9. The Hall–Kier alpha value is -1.60. The Morgan fingerprint density at radius 3 is 2.14 bits per heavy atom. The molecule has 2 aliphatic heterocycles. The van der Waals surface area contributed by atoms with Crippen molar-refractivity contribution in [1.29, 1.82) is 0 Å². The molecule has 2 saturated heterocycles. The van der Waals surface area contributed by atoms with Crippen molar-refractivity contribution in [2.75, 3.05) is 0 Å². The van der Waals surface area contributed by atoms with E-state index >= 15 is 0 Å². The SMILES string of the molecule is Cc1ccc(S(=O)(=O)[C@@]23C4C(O)[C@H]([C@H]2C(C)(C)C)N(C(=O)OC(C)(C)C)[C@@H]43)cc1. The summed E-state index contributed by atoms with van der Waals surface area (Å²) >= 11 is 0. The van der Waals surface area contributed by atoms with E-state index in [0.717, 1.165) is 5.56 Å². The highest BCUT2D eigenvalue weighted by molar-refractivity contribution is 7.93. The van der Waals surface area contributed by atoms with Gasteiger partial charge in [0.15, 0.2) is 9.84 Å². The monoisotopic (exact) mass is 421 g/mol. The van der Waals surface area contributed by atoms with Gasteiger partial charge in [-0.1, -0.05) is 38.5 Å². The van der Waals surface area contributed by atoms with Crippen LogP contribution in [0.3, 0.4) is 0 Å². The lowest BCUT2D eigenvalue weighted by molar-refractivity contribution is 0.00845. The Labute approximate surface area is 173 Å². The molecule has 4 fully saturated rings. The number of aryl methyl sites for hydroxylation is 1. The highest BCUT2D eigenvalue weighted by Gasteiger charge is 2.94. The minimum atomic E-state index is -3.77. The van der Waals surface area contributed by atoms with Crippen molar-refractivity contribution in [1.82, 2.24) is 4.90 Å². The lowest BCUT2D eigenvalue weighted by atomic mass is 9.76.